The second-order valence-electron chi connectivity index (χ2n) is 6.77. The van der Waals surface area contributed by atoms with Crippen LogP contribution in [0.1, 0.15) is 17.5 Å². The maximum absolute atomic E-state index is 12.3. The first-order valence-corrected chi connectivity index (χ1v) is 8.99. The Bertz CT molecular complexity index is 737. The number of fused-ring (bicyclic) bond motifs is 1. The highest BCUT2D eigenvalue weighted by Gasteiger charge is 2.20. The zero-order valence-corrected chi connectivity index (χ0v) is 14.4. The molecule has 6 heteroatoms. The van der Waals surface area contributed by atoms with E-state index >= 15 is 0 Å². The van der Waals surface area contributed by atoms with E-state index in [0.29, 0.717) is 32.3 Å². The summed E-state index contributed by atoms with van der Waals surface area (Å²) in [4.78, 5) is 14.1. The second kappa shape index (κ2) is 7.27. The molecule has 25 heavy (non-hydrogen) atoms. The molecule has 1 aliphatic heterocycles. The van der Waals surface area contributed by atoms with Crippen molar-refractivity contribution in [1.82, 2.24) is 14.7 Å². The van der Waals surface area contributed by atoms with Crippen molar-refractivity contribution in [1.29, 1.82) is 0 Å². The summed E-state index contributed by atoms with van der Waals surface area (Å²) < 4.78 is 7.01. The van der Waals surface area contributed by atoms with Gasteiger partial charge in [-0.2, -0.15) is 5.10 Å². The number of amides is 1. The summed E-state index contributed by atoms with van der Waals surface area (Å²) in [7, 11) is 0. The average molecular weight is 340 g/mol. The van der Waals surface area contributed by atoms with E-state index in [1.54, 1.807) is 4.68 Å². The molecule has 0 saturated carbocycles. The predicted octanol–water partition coefficient (Wildman–Crippen LogP) is 1.71. The van der Waals surface area contributed by atoms with Gasteiger partial charge in [0.15, 0.2) is 0 Å². The van der Waals surface area contributed by atoms with Crippen LogP contribution in [-0.4, -0.2) is 52.9 Å². The summed E-state index contributed by atoms with van der Waals surface area (Å²) in [5, 5.41) is 7.90. The number of aryl methyl sites for hydroxylation is 1. The van der Waals surface area contributed by atoms with Crippen molar-refractivity contribution in [2.24, 2.45) is 0 Å². The van der Waals surface area contributed by atoms with Gasteiger partial charge in [-0.15, -0.1) is 0 Å². The van der Waals surface area contributed by atoms with Gasteiger partial charge < -0.3 is 15.0 Å². The SMILES string of the molecule is O=C(Cn1cc(NC2CCc3ccccc3C2)cn1)N1CCOCC1. The molecule has 1 aromatic carbocycles. The monoisotopic (exact) mass is 340 g/mol. The van der Waals surface area contributed by atoms with Crippen molar-refractivity contribution >= 4 is 11.6 Å². The van der Waals surface area contributed by atoms with Crippen molar-refractivity contribution in [3.63, 3.8) is 0 Å². The summed E-state index contributed by atoms with van der Waals surface area (Å²) in [5.41, 5.74) is 3.88. The van der Waals surface area contributed by atoms with Crippen LogP contribution < -0.4 is 5.32 Å². The molecule has 1 aromatic heterocycles. The number of hydrogen-bond acceptors (Lipinski definition) is 4. The highest BCUT2D eigenvalue weighted by atomic mass is 16.5. The number of morpholine rings is 1. The third-order valence-electron chi connectivity index (χ3n) is 5.01. The molecule has 2 aliphatic rings. The molecule has 2 heterocycles. The van der Waals surface area contributed by atoms with Crippen LogP contribution in [0.2, 0.25) is 0 Å². The fourth-order valence-electron chi connectivity index (χ4n) is 3.63. The Labute approximate surface area is 147 Å². The maximum atomic E-state index is 12.3. The molecule has 132 valence electrons. The van der Waals surface area contributed by atoms with Gasteiger partial charge in [0.2, 0.25) is 5.91 Å². The molecule has 0 radical (unpaired) electrons. The molecule has 1 amide bonds. The number of nitrogens with zero attached hydrogens (tertiary/aromatic N) is 3. The first-order valence-electron chi connectivity index (χ1n) is 8.99. The fraction of sp³-hybridized carbons (Fsp3) is 0.474. The number of carbonyl (C=O) groups excluding carboxylic acids is 1. The zero-order valence-electron chi connectivity index (χ0n) is 14.4. The van der Waals surface area contributed by atoms with E-state index in [1.807, 2.05) is 17.3 Å². The van der Waals surface area contributed by atoms with Crippen molar-refractivity contribution in [3.05, 3.63) is 47.8 Å². The Morgan fingerprint density at radius 2 is 2.04 bits per heavy atom. The summed E-state index contributed by atoms with van der Waals surface area (Å²) in [6.45, 7) is 2.89. The van der Waals surface area contributed by atoms with E-state index < -0.39 is 0 Å². The van der Waals surface area contributed by atoms with Gasteiger partial charge in [0.1, 0.15) is 6.54 Å². The van der Waals surface area contributed by atoms with Crippen LogP contribution in [0.4, 0.5) is 5.69 Å². The molecular formula is C19H24N4O2. The molecule has 1 N–H and O–H groups in total. The number of rotatable bonds is 4. The van der Waals surface area contributed by atoms with Gasteiger partial charge in [0.05, 0.1) is 25.1 Å². The van der Waals surface area contributed by atoms with Crippen LogP contribution in [0.5, 0.6) is 0 Å². The van der Waals surface area contributed by atoms with E-state index in [-0.39, 0.29) is 12.5 Å². The van der Waals surface area contributed by atoms with Gasteiger partial charge >= 0.3 is 0 Å². The lowest BCUT2D eigenvalue weighted by Crippen LogP contribution is -2.42. The minimum absolute atomic E-state index is 0.101. The van der Waals surface area contributed by atoms with Crippen LogP contribution >= 0.6 is 0 Å². The lowest BCUT2D eigenvalue weighted by atomic mass is 9.88. The number of benzene rings is 1. The molecule has 1 unspecified atom stereocenters. The van der Waals surface area contributed by atoms with E-state index in [0.717, 1.165) is 24.9 Å². The largest absolute Gasteiger partial charge is 0.379 e. The predicted molar refractivity (Wildman–Crippen MR) is 95.5 cm³/mol. The van der Waals surface area contributed by atoms with Crippen LogP contribution in [0, 0.1) is 0 Å². The normalized spacial score (nSPS) is 20.2. The quantitative estimate of drug-likeness (QED) is 0.921. The fourth-order valence-corrected chi connectivity index (χ4v) is 3.63. The summed E-state index contributed by atoms with van der Waals surface area (Å²) in [5.74, 6) is 0.101. The van der Waals surface area contributed by atoms with Gasteiger partial charge in [-0.1, -0.05) is 24.3 Å². The van der Waals surface area contributed by atoms with Gasteiger partial charge in [-0.3, -0.25) is 9.48 Å². The minimum atomic E-state index is 0.101. The van der Waals surface area contributed by atoms with Gasteiger partial charge in [0, 0.05) is 25.3 Å². The number of nitrogens with one attached hydrogen (secondary N) is 1. The van der Waals surface area contributed by atoms with Crippen LogP contribution in [0.3, 0.4) is 0 Å². The molecule has 1 saturated heterocycles. The lowest BCUT2D eigenvalue weighted by molar-refractivity contribution is -0.136. The van der Waals surface area contributed by atoms with Crippen LogP contribution in [-0.2, 0) is 28.9 Å². The van der Waals surface area contributed by atoms with Crippen LogP contribution in [0.15, 0.2) is 36.7 Å². The second-order valence-corrected chi connectivity index (χ2v) is 6.77. The standard InChI is InChI=1S/C19H24N4O2/c24-19(22-7-9-25-10-8-22)14-23-13-18(12-20-23)21-17-6-5-15-3-1-2-4-16(15)11-17/h1-4,12-13,17,21H,5-11,14H2. The summed E-state index contributed by atoms with van der Waals surface area (Å²) in [6.07, 6.45) is 7.01. The highest BCUT2D eigenvalue weighted by molar-refractivity contribution is 5.76. The summed E-state index contributed by atoms with van der Waals surface area (Å²) >= 11 is 0. The highest BCUT2D eigenvalue weighted by Crippen LogP contribution is 2.23. The smallest absolute Gasteiger partial charge is 0.244 e. The summed E-state index contributed by atoms with van der Waals surface area (Å²) in [6, 6.07) is 9.08. The van der Waals surface area contributed by atoms with Gasteiger partial charge in [-0.25, -0.2) is 0 Å². The van der Waals surface area contributed by atoms with E-state index in [1.165, 1.54) is 11.1 Å². The average Bonchev–Trinajstić information content (AvgIpc) is 3.09. The first kappa shape index (κ1) is 16.1. The molecule has 6 nitrogen and oxygen atoms in total. The molecule has 0 spiro atoms. The molecule has 1 atom stereocenters. The molecule has 0 bridgehead atoms. The lowest BCUT2D eigenvalue weighted by Gasteiger charge is -2.26. The Kier molecular flexibility index (Phi) is 4.70. The molecule has 2 aromatic rings. The third-order valence-corrected chi connectivity index (χ3v) is 5.01. The number of hydrogen-bond donors (Lipinski definition) is 1. The van der Waals surface area contributed by atoms with Crippen LogP contribution in [0.25, 0.3) is 0 Å². The van der Waals surface area contributed by atoms with Crippen molar-refractivity contribution in [3.8, 4) is 0 Å². The van der Waals surface area contributed by atoms with E-state index in [9.17, 15) is 4.79 Å². The number of carbonyl (C=O) groups is 1. The minimum Gasteiger partial charge on any atom is -0.379 e. The molecule has 1 fully saturated rings. The van der Waals surface area contributed by atoms with Gasteiger partial charge in [-0.05, 0) is 30.4 Å². The van der Waals surface area contributed by atoms with Gasteiger partial charge in [0.25, 0.3) is 0 Å². The molecule has 4 rings (SSSR count). The van der Waals surface area contributed by atoms with E-state index in [2.05, 4.69) is 34.7 Å². The Balaban J connectivity index is 1.33. The molecule has 1 aliphatic carbocycles. The number of anilines is 1. The van der Waals surface area contributed by atoms with Crippen molar-refractivity contribution in [2.75, 3.05) is 31.6 Å². The first-order chi connectivity index (χ1) is 12.3. The number of ether oxygens (including phenoxy) is 1. The van der Waals surface area contributed by atoms with E-state index in [4.69, 9.17) is 4.74 Å². The third kappa shape index (κ3) is 3.85. The Morgan fingerprint density at radius 1 is 1.24 bits per heavy atom. The topological polar surface area (TPSA) is 59.4 Å². The van der Waals surface area contributed by atoms with Crippen molar-refractivity contribution < 1.29 is 9.53 Å². The Morgan fingerprint density at radius 3 is 2.88 bits per heavy atom. The zero-order chi connectivity index (χ0) is 17.1. The Hall–Kier alpha value is -2.34. The maximum Gasteiger partial charge on any atom is 0.244 e. The molecular weight excluding hydrogens is 316 g/mol. The van der Waals surface area contributed by atoms with Crippen molar-refractivity contribution in [2.45, 2.75) is 31.8 Å². The number of aromatic nitrogens is 2.